The lowest BCUT2D eigenvalue weighted by molar-refractivity contribution is -0.112. The molecule has 0 fully saturated rings. The van der Waals surface area contributed by atoms with Gasteiger partial charge in [0.05, 0.1) is 6.54 Å². The minimum absolute atomic E-state index is 0.0265. The number of hydrogen-bond acceptors (Lipinski definition) is 3. The van der Waals surface area contributed by atoms with Crippen molar-refractivity contribution in [2.24, 2.45) is 4.99 Å². The van der Waals surface area contributed by atoms with Gasteiger partial charge in [0, 0.05) is 6.20 Å². The van der Waals surface area contributed by atoms with Gasteiger partial charge in [0.2, 0.25) is 0 Å². The van der Waals surface area contributed by atoms with Crippen LogP contribution in [-0.4, -0.2) is 18.2 Å². The Kier molecular flexibility index (Phi) is 5.08. The molecule has 0 bridgehead atoms. The molecule has 0 unspecified atom stereocenters. The number of carbonyl (C=O) groups is 1. The Balaban J connectivity index is 2.97. The highest BCUT2D eigenvalue weighted by molar-refractivity contribution is 6.00. The first-order valence-electron chi connectivity index (χ1n) is 6.32. The van der Waals surface area contributed by atoms with E-state index in [1.807, 2.05) is 0 Å². The van der Waals surface area contributed by atoms with Crippen LogP contribution in [0.25, 0.3) is 0 Å². The van der Waals surface area contributed by atoms with Crippen LogP contribution in [0.2, 0.25) is 0 Å². The van der Waals surface area contributed by atoms with E-state index in [0.717, 1.165) is 24.4 Å². The van der Waals surface area contributed by atoms with Crippen LogP contribution in [0.15, 0.2) is 39.6 Å². The minimum Gasteiger partial charge on any atom is -0.347 e. The highest BCUT2D eigenvalue weighted by Crippen LogP contribution is 2.23. The fourth-order valence-electron chi connectivity index (χ4n) is 1.90. The zero-order chi connectivity index (χ0) is 13.7. The third-order valence-corrected chi connectivity index (χ3v) is 3.40. The molecule has 1 rings (SSSR count). The first-order chi connectivity index (χ1) is 8.47. The van der Waals surface area contributed by atoms with Crippen molar-refractivity contribution < 1.29 is 4.79 Å². The average molecular weight is 246 g/mol. The molecule has 1 aliphatic heterocycles. The predicted molar refractivity (Wildman–Crippen MR) is 76.6 cm³/mol. The molecule has 0 saturated carbocycles. The minimum atomic E-state index is 0.0265. The molecular formula is C15H22N2O. The van der Waals surface area contributed by atoms with E-state index < -0.39 is 0 Å². The van der Waals surface area contributed by atoms with Crippen molar-refractivity contribution in [1.82, 2.24) is 5.32 Å². The molecule has 3 heteroatoms. The zero-order valence-electron chi connectivity index (χ0n) is 11.9. The molecule has 0 radical (unpaired) electrons. The standard InChI is InChI=1S/C15H22N2O/c1-6-14-9-17-15(16-8-7-10(2)18)13(5)11(3)12(14)4/h7-8H,6,9H2,1-5H3,(H,16,17)/b8-7-. The van der Waals surface area contributed by atoms with E-state index in [-0.39, 0.29) is 5.78 Å². The molecule has 0 spiro atoms. The number of hydrogen-bond donors (Lipinski definition) is 1. The third kappa shape index (κ3) is 3.42. The summed E-state index contributed by atoms with van der Waals surface area (Å²) in [5.41, 5.74) is 5.13. The van der Waals surface area contributed by atoms with Crippen molar-refractivity contribution >= 4 is 11.6 Å². The smallest absolute Gasteiger partial charge is 0.154 e. The second-order valence-electron chi connectivity index (χ2n) is 4.59. The molecule has 0 aromatic heterocycles. The Morgan fingerprint density at radius 3 is 2.50 bits per heavy atom. The summed E-state index contributed by atoms with van der Waals surface area (Å²) in [6.45, 7) is 10.8. The summed E-state index contributed by atoms with van der Waals surface area (Å²) in [7, 11) is 0. The Bertz CT molecular complexity index is 465. The number of nitrogens with one attached hydrogen (secondary N) is 1. The average Bonchev–Trinajstić information content (AvgIpc) is 2.42. The highest BCUT2D eigenvalue weighted by atomic mass is 16.1. The van der Waals surface area contributed by atoms with Gasteiger partial charge in [-0.05, 0) is 62.5 Å². The molecule has 0 atom stereocenters. The van der Waals surface area contributed by atoms with E-state index in [4.69, 9.17) is 0 Å². The van der Waals surface area contributed by atoms with Crippen LogP contribution in [-0.2, 0) is 4.79 Å². The van der Waals surface area contributed by atoms with Gasteiger partial charge < -0.3 is 5.32 Å². The third-order valence-electron chi connectivity index (χ3n) is 3.40. The fourth-order valence-corrected chi connectivity index (χ4v) is 1.90. The van der Waals surface area contributed by atoms with E-state index >= 15 is 0 Å². The van der Waals surface area contributed by atoms with Gasteiger partial charge >= 0.3 is 0 Å². The van der Waals surface area contributed by atoms with Crippen LogP contribution in [0.3, 0.4) is 0 Å². The van der Waals surface area contributed by atoms with Crippen molar-refractivity contribution in [3.8, 4) is 0 Å². The molecule has 0 aliphatic carbocycles. The molecule has 1 N–H and O–H groups in total. The number of ketones is 1. The summed E-state index contributed by atoms with van der Waals surface area (Å²) >= 11 is 0. The van der Waals surface area contributed by atoms with Crippen LogP contribution in [0, 0.1) is 0 Å². The van der Waals surface area contributed by atoms with E-state index in [1.54, 1.807) is 6.20 Å². The number of carbonyl (C=O) groups excluding carboxylic acids is 1. The normalized spacial score (nSPS) is 17.1. The Labute approximate surface area is 109 Å². The summed E-state index contributed by atoms with van der Waals surface area (Å²) in [6, 6.07) is 0. The number of allylic oxidation sites excluding steroid dienone is 3. The van der Waals surface area contributed by atoms with Gasteiger partial charge in [0.15, 0.2) is 5.78 Å². The Morgan fingerprint density at radius 1 is 1.28 bits per heavy atom. The molecule has 0 saturated heterocycles. The predicted octanol–water partition coefficient (Wildman–Crippen LogP) is 3.15. The number of nitrogens with zero attached hydrogens (tertiary/aromatic N) is 1. The maximum atomic E-state index is 10.9. The van der Waals surface area contributed by atoms with Gasteiger partial charge in [-0.1, -0.05) is 6.92 Å². The molecule has 0 aromatic rings. The lowest BCUT2D eigenvalue weighted by Crippen LogP contribution is -2.19. The van der Waals surface area contributed by atoms with Crippen molar-refractivity contribution in [3.05, 3.63) is 34.6 Å². The van der Waals surface area contributed by atoms with Gasteiger partial charge in [0.1, 0.15) is 5.84 Å². The quantitative estimate of drug-likeness (QED) is 0.777. The molecule has 1 heterocycles. The first-order valence-corrected chi connectivity index (χ1v) is 6.32. The second-order valence-corrected chi connectivity index (χ2v) is 4.59. The molecular weight excluding hydrogens is 224 g/mol. The van der Waals surface area contributed by atoms with Crippen molar-refractivity contribution in [2.45, 2.75) is 41.0 Å². The van der Waals surface area contributed by atoms with E-state index in [9.17, 15) is 4.79 Å². The monoisotopic (exact) mass is 246 g/mol. The van der Waals surface area contributed by atoms with Crippen molar-refractivity contribution in [3.63, 3.8) is 0 Å². The van der Waals surface area contributed by atoms with E-state index in [1.165, 1.54) is 29.7 Å². The maximum absolute atomic E-state index is 10.9. The summed E-state index contributed by atoms with van der Waals surface area (Å²) in [6.07, 6.45) is 4.19. The summed E-state index contributed by atoms with van der Waals surface area (Å²) in [5, 5.41) is 3.10. The van der Waals surface area contributed by atoms with E-state index in [0.29, 0.717) is 0 Å². The molecule has 18 heavy (non-hydrogen) atoms. The zero-order valence-corrected chi connectivity index (χ0v) is 11.9. The van der Waals surface area contributed by atoms with Crippen molar-refractivity contribution in [2.75, 3.05) is 6.54 Å². The number of rotatable bonds is 3. The van der Waals surface area contributed by atoms with Crippen molar-refractivity contribution in [1.29, 1.82) is 0 Å². The molecule has 0 amide bonds. The molecule has 3 nitrogen and oxygen atoms in total. The van der Waals surface area contributed by atoms with Crippen LogP contribution in [0.1, 0.15) is 41.0 Å². The Hall–Kier alpha value is -1.64. The summed E-state index contributed by atoms with van der Waals surface area (Å²) < 4.78 is 0. The lowest BCUT2D eigenvalue weighted by Gasteiger charge is -2.09. The maximum Gasteiger partial charge on any atom is 0.154 e. The van der Waals surface area contributed by atoms with Gasteiger partial charge in [-0.15, -0.1) is 0 Å². The summed E-state index contributed by atoms with van der Waals surface area (Å²) in [4.78, 5) is 15.4. The van der Waals surface area contributed by atoms with Crippen LogP contribution in [0.5, 0.6) is 0 Å². The highest BCUT2D eigenvalue weighted by Gasteiger charge is 2.13. The van der Waals surface area contributed by atoms with Crippen LogP contribution in [0.4, 0.5) is 0 Å². The summed E-state index contributed by atoms with van der Waals surface area (Å²) in [5.74, 6) is 0.881. The molecule has 1 aliphatic rings. The second kappa shape index (κ2) is 6.34. The van der Waals surface area contributed by atoms with Gasteiger partial charge in [0.25, 0.3) is 0 Å². The fraction of sp³-hybridized carbons (Fsp3) is 0.467. The van der Waals surface area contributed by atoms with E-state index in [2.05, 4.69) is 38.0 Å². The van der Waals surface area contributed by atoms with Gasteiger partial charge in [-0.2, -0.15) is 0 Å². The Morgan fingerprint density at radius 2 is 1.94 bits per heavy atom. The van der Waals surface area contributed by atoms with Gasteiger partial charge in [-0.25, -0.2) is 0 Å². The largest absolute Gasteiger partial charge is 0.347 e. The van der Waals surface area contributed by atoms with Crippen LogP contribution >= 0.6 is 0 Å². The first kappa shape index (κ1) is 14.4. The molecule has 98 valence electrons. The lowest BCUT2D eigenvalue weighted by atomic mass is 9.98. The topological polar surface area (TPSA) is 41.5 Å². The van der Waals surface area contributed by atoms with Gasteiger partial charge in [-0.3, -0.25) is 9.79 Å². The SMILES string of the molecule is CCC1=C(C)C(C)=C(C)C(N/C=C\C(C)=O)=NC1. The number of amidine groups is 1. The van der Waals surface area contributed by atoms with Crippen LogP contribution < -0.4 is 5.32 Å². The molecule has 0 aromatic carbocycles. The number of aliphatic imine (C=N–C) groups is 1.